The van der Waals surface area contributed by atoms with E-state index < -0.39 is 0 Å². The third kappa shape index (κ3) is 1.54. The minimum absolute atomic E-state index is 0.171. The van der Waals surface area contributed by atoms with Crippen molar-refractivity contribution in [3.63, 3.8) is 0 Å². The Hall–Kier alpha value is -0.340. The molecule has 1 unspecified atom stereocenters. The van der Waals surface area contributed by atoms with Crippen molar-refractivity contribution in [1.29, 1.82) is 0 Å². The first kappa shape index (κ1) is 8.27. The van der Waals surface area contributed by atoms with Crippen LogP contribution in [0.25, 0.3) is 0 Å². The highest BCUT2D eigenvalue weighted by Crippen LogP contribution is 2.42. The summed E-state index contributed by atoms with van der Waals surface area (Å²) in [5.41, 5.74) is 0. The molecule has 1 nitrogen and oxygen atoms in total. The standard InChI is InChI=1S/C10H14OS/c1-2-8-5-6-9(12-8)10(11)7-3-4-7/h5-7,10-11H,2-4H2,1H3. The number of hydrogen-bond donors (Lipinski definition) is 1. The van der Waals surface area contributed by atoms with Crippen LogP contribution in [-0.4, -0.2) is 5.11 Å². The van der Waals surface area contributed by atoms with E-state index >= 15 is 0 Å². The Morgan fingerprint density at radius 2 is 2.33 bits per heavy atom. The molecule has 1 saturated carbocycles. The number of aryl methyl sites for hydroxylation is 1. The van der Waals surface area contributed by atoms with E-state index in [1.165, 1.54) is 17.7 Å². The third-order valence-electron chi connectivity index (χ3n) is 2.39. The second-order valence-corrected chi connectivity index (χ2v) is 4.64. The Labute approximate surface area is 77.0 Å². The fourth-order valence-corrected chi connectivity index (χ4v) is 2.42. The molecule has 2 heteroatoms. The SMILES string of the molecule is CCc1ccc(C(O)C2CC2)s1. The monoisotopic (exact) mass is 182 g/mol. The lowest BCUT2D eigenvalue weighted by Crippen LogP contribution is -1.95. The van der Waals surface area contributed by atoms with Crippen LogP contribution in [0.3, 0.4) is 0 Å². The van der Waals surface area contributed by atoms with Gasteiger partial charge < -0.3 is 5.11 Å². The maximum atomic E-state index is 9.78. The Morgan fingerprint density at radius 3 is 2.83 bits per heavy atom. The Kier molecular flexibility index (Phi) is 2.20. The zero-order valence-electron chi connectivity index (χ0n) is 7.29. The number of rotatable bonds is 3. The van der Waals surface area contributed by atoms with E-state index in [1.807, 2.05) is 0 Å². The first-order valence-electron chi connectivity index (χ1n) is 4.58. The lowest BCUT2D eigenvalue weighted by molar-refractivity contribution is 0.157. The Morgan fingerprint density at radius 1 is 1.58 bits per heavy atom. The van der Waals surface area contributed by atoms with Gasteiger partial charge in [0.2, 0.25) is 0 Å². The molecule has 0 aliphatic heterocycles. The molecule has 0 amide bonds. The van der Waals surface area contributed by atoms with Gasteiger partial charge in [0.15, 0.2) is 0 Å². The molecule has 1 aliphatic rings. The summed E-state index contributed by atoms with van der Waals surface area (Å²) in [5.74, 6) is 0.563. The zero-order chi connectivity index (χ0) is 8.55. The maximum absolute atomic E-state index is 9.78. The Bertz CT molecular complexity index is 263. The first-order valence-corrected chi connectivity index (χ1v) is 5.39. The minimum Gasteiger partial charge on any atom is -0.387 e. The van der Waals surface area contributed by atoms with Crippen molar-refractivity contribution in [1.82, 2.24) is 0 Å². The molecule has 1 fully saturated rings. The van der Waals surface area contributed by atoms with Gasteiger partial charge in [0, 0.05) is 9.75 Å². The van der Waals surface area contributed by atoms with Crippen LogP contribution in [0, 0.1) is 5.92 Å². The molecule has 2 rings (SSSR count). The molecule has 1 aromatic heterocycles. The van der Waals surface area contributed by atoms with Crippen molar-refractivity contribution in [2.45, 2.75) is 32.3 Å². The first-order chi connectivity index (χ1) is 5.81. The average molecular weight is 182 g/mol. The van der Waals surface area contributed by atoms with Crippen molar-refractivity contribution in [2.24, 2.45) is 5.92 Å². The predicted octanol–water partition coefficient (Wildman–Crippen LogP) is 2.75. The molecule has 0 radical (unpaired) electrons. The van der Waals surface area contributed by atoms with Crippen molar-refractivity contribution in [2.75, 3.05) is 0 Å². The molecular formula is C10H14OS. The molecule has 0 aromatic carbocycles. The molecule has 0 saturated heterocycles. The van der Waals surface area contributed by atoms with E-state index in [4.69, 9.17) is 0 Å². The summed E-state index contributed by atoms with van der Waals surface area (Å²) in [6.07, 6.45) is 3.33. The van der Waals surface area contributed by atoms with Gasteiger partial charge in [-0.05, 0) is 37.3 Å². The van der Waals surface area contributed by atoms with E-state index in [-0.39, 0.29) is 6.10 Å². The molecule has 0 spiro atoms. The maximum Gasteiger partial charge on any atom is 0.0910 e. The second kappa shape index (κ2) is 3.19. The summed E-state index contributed by atoms with van der Waals surface area (Å²) < 4.78 is 0. The van der Waals surface area contributed by atoms with E-state index in [0.717, 1.165) is 11.3 Å². The molecule has 12 heavy (non-hydrogen) atoms. The summed E-state index contributed by atoms with van der Waals surface area (Å²) in [6, 6.07) is 4.21. The molecule has 66 valence electrons. The lowest BCUT2D eigenvalue weighted by Gasteiger charge is -2.04. The smallest absolute Gasteiger partial charge is 0.0910 e. The zero-order valence-corrected chi connectivity index (χ0v) is 8.10. The van der Waals surface area contributed by atoms with Gasteiger partial charge in [0.1, 0.15) is 0 Å². The lowest BCUT2D eigenvalue weighted by atomic mass is 10.2. The van der Waals surface area contributed by atoms with Crippen molar-refractivity contribution in [3.05, 3.63) is 21.9 Å². The van der Waals surface area contributed by atoms with Gasteiger partial charge in [-0.3, -0.25) is 0 Å². The topological polar surface area (TPSA) is 20.2 Å². The Balaban J connectivity index is 2.10. The highest BCUT2D eigenvalue weighted by molar-refractivity contribution is 7.12. The summed E-state index contributed by atoms with van der Waals surface area (Å²) >= 11 is 1.76. The largest absolute Gasteiger partial charge is 0.387 e. The van der Waals surface area contributed by atoms with E-state index in [9.17, 15) is 5.11 Å². The molecule has 1 aliphatic carbocycles. The van der Waals surface area contributed by atoms with Crippen molar-refractivity contribution >= 4 is 11.3 Å². The van der Waals surface area contributed by atoms with Crippen LogP contribution in [0.1, 0.15) is 35.6 Å². The number of thiophene rings is 1. The summed E-state index contributed by atoms with van der Waals surface area (Å²) in [7, 11) is 0. The van der Waals surface area contributed by atoms with Gasteiger partial charge in [0.25, 0.3) is 0 Å². The average Bonchev–Trinajstić information content (AvgIpc) is 2.82. The van der Waals surface area contributed by atoms with Crippen molar-refractivity contribution < 1.29 is 5.11 Å². The van der Waals surface area contributed by atoms with Gasteiger partial charge in [-0.15, -0.1) is 11.3 Å². The predicted molar refractivity (Wildman–Crippen MR) is 51.4 cm³/mol. The fourth-order valence-electron chi connectivity index (χ4n) is 1.39. The van der Waals surface area contributed by atoms with Gasteiger partial charge in [-0.2, -0.15) is 0 Å². The van der Waals surface area contributed by atoms with E-state index in [1.54, 1.807) is 11.3 Å². The molecule has 0 bridgehead atoms. The molecule has 1 atom stereocenters. The molecule has 1 heterocycles. The van der Waals surface area contributed by atoms with Crippen LogP contribution in [0.2, 0.25) is 0 Å². The quantitative estimate of drug-likeness (QED) is 0.762. The van der Waals surface area contributed by atoms with Gasteiger partial charge in [-0.1, -0.05) is 6.92 Å². The molecule has 1 N–H and O–H groups in total. The van der Waals surface area contributed by atoms with Crippen LogP contribution in [0.15, 0.2) is 12.1 Å². The van der Waals surface area contributed by atoms with E-state index in [2.05, 4.69) is 19.1 Å². The second-order valence-electron chi connectivity index (χ2n) is 3.44. The van der Waals surface area contributed by atoms with Crippen LogP contribution >= 0.6 is 11.3 Å². The van der Waals surface area contributed by atoms with Crippen LogP contribution < -0.4 is 0 Å². The highest BCUT2D eigenvalue weighted by atomic mass is 32.1. The van der Waals surface area contributed by atoms with Crippen molar-refractivity contribution in [3.8, 4) is 0 Å². The van der Waals surface area contributed by atoms with Crippen LogP contribution in [-0.2, 0) is 6.42 Å². The highest BCUT2D eigenvalue weighted by Gasteiger charge is 2.31. The van der Waals surface area contributed by atoms with Crippen LogP contribution in [0.4, 0.5) is 0 Å². The number of aliphatic hydroxyl groups excluding tert-OH is 1. The molecular weight excluding hydrogens is 168 g/mol. The summed E-state index contributed by atoms with van der Waals surface area (Å²) in [5, 5.41) is 9.78. The van der Waals surface area contributed by atoms with Gasteiger partial charge in [-0.25, -0.2) is 0 Å². The van der Waals surface area contributed by atoms with Gasteiger partial charge in [0.05, 0.1) is 6.10 Å². The van der Waals surface area contributed by atoms with Crippen LogP contribution in [0.5, 0.6) is 0 Å². The third-order valence-corrected chi connectivity index (χ3v) is 3.69. The normalized spacial score (nSPS) is 19.5. The van der Waals surface area contributed by atoms with Gasteiger partial charge >= 0.3 is 0 Å². The molecule has 1 aromatic rings. The summed E-state index contributed by atoms with van der Waals surface area (Å²) in [4.78, 5) is 2.54. The fraction of sp³-hybridized carbons (Fsp3) is 0.600. The minimum atomic E-state index is -0.171. The number of aliphatic hydroxyl groups is 1. The number of hydrogen-bond acceptors (Lipinski definition) is 2. The summed E-state index contributed by atoms with van der Waals surface area (Å²) in [6.45, 7) is 2.15. The van der Waals surface area contributed by atoms with E-state index in [0.29, 0.717) is 5.92 Å².